The summed E-state index contributed by atoms with van der Waals surface area (Å²) in [5.74, 6) is -2.54. The number of hydrogen-bond donors (Lipinski definition) is 0. The van der Waals surface area contributed by atoms with Gasteiger partial charge in [0.15, 0.2) is 21.9 Å². The molecule has 1 atom stereocenters. The van der Waals surface area contributed by atoms with Crippen molar-refractivity contribution in [1.82, 2.24) is 4.98 Å². The molecule has 2 aliphatic rings. The summed E-state index contributed by atoms with van der Waals surface area (Å²) >= 11 is 0.966. The van der Waals surface area contributed by atoms with Gasteiger partial charge in [0.05, 0.1) is 33.8 Å². The van der Waals surface area contributed by atoms with Gasteiger partial charge in [-0.3, -0.25) is 24.1 Å². The minimum absolute atomic E-state index is 0.0143. The van der Waals surface area contributed by atoms with E-state index in [2.05, 4.69) is 4.98 Å². The van der Waals surface area contributed by atoms with Gasteiger partial charge < -0.3 is 9.32 Å². The van der Waals surface area contributed by atoms with Crippen LogP contribution in [-0.4, -0.2) is 22.6 Å². The Labute approximate surface area is 242 Å². The lowest BCUT2D eigenvalue weighted by Gasteiger charge is -2.32. The molecule has 0 saturated carbocycles. The number of nitrogens with zero attached hydrogens (tertiary/aromatic N) is 3. The molecule has 0 N–H and O–H groups in total. The van der Waals surface area contributed by atoms with Gasteiger partial charge in [0, 0.05) is 12.5 Å². The molecule has 5 aromatic rings. The number of anilines is 2. The molecule has 208 valence electrons. The van der Waals surface area contributed by atoms with Gasteiger partial charge in [0.25, 0.3) is 11.8 Å². The number of carbonyl (C=O) groups excluding carboxylic acids is 3. The van der Waals surface area contributed by atoms with Crippen molar-refractivity contribution in [1.29, 1.82) is 0 Å². The van der Waals surface area contributed by atoms with Gasteiger partial charge in [-0.2, -0.15) is 0 Å². The molecule has 3 aromatic carbocycles. The molecule has 42 heavy (non-hydrogen) atoms. The monoisotopic (exact) mass is 579 g/mol. The van der Waals surface area contributed by atoms with E-state index in [4.69, 9.17) is 4.42 Å². The highest BCUT2D eigenvalue weighted by molar-refractivity contribution is 7.17. The normalized spacial score (nSPS) is 17.4. The number of aryl methyl sites for hydroxylation is 2. The number of carbonyl (C=O) groups is 3. The zero-order chi connectivity index (χ0) is 29.5. The van der Waals surface area contributed by atoms with Crippen LogP contribution in [-0.2, 0) is 16.9 Å². The fourth-order valence-electron chi connectivity index (χ4n) is 5.97. The molecule has 0 aliphatic carbocycles. The molecule has 8 nitrogen and oxygen atoms in total. The molecule has 1 unspecified atom stereocenters. The van der Waals surface area contributed by atoms with Gasteiger partial charge in [0.1, 0.15) is 11.4 Å². The van der Waals surface area contributed by atoms with Crippen molar-refractivity contribution in [2.24, 2.45) is 0 Å². The Morgan fingerprint density at radius 3 is 2.48 bits per heavy atom. The molecule has 0 saturated heterocycles. The topological polar surface area (TPSA) is 101 Å². The van der Waals surface area contributed by atoms with Crippen molar-refractivity contribution in [2.75, 3.05) is 9.80 Å². The maximum absolute atomic E-state index is 14.9. The minimum atomic E-state index is -1.99. The molecule has 1 spiro atoms. The van der Waals surface area contributed by atoms with E-state index in [-0.39, 0.29) is 39.8 Å². The van der Waals surface area contributed by atoms with Gasteiger partial charge in [-0.1, -0.05) is 59.4 Å². The van der Waals surface area contributed by atoms with Crippen molar-refractivity contribution in [3.63, 3.8) is 0 Å². The third kappa shape index (κ3) is 3.41. The van der Waals surface area contributed by atoms with Crippen LogP contribution in [0.3, 0.4) is 0 Å². The molecule has 2 aromatic heterocycles. The average molecular weight is 580 g/mol. The number of ketones is 1. The molecule has 0 radical (unpaired) electrons. The minimum Gasteiger partial charge on any atom is -0.450 e. The Kier molecular flexibility index (Phi) is 5.58. The summed E-state index contributed by atoms with van der Waals surface area (Å²) in [5.41, 5.74) is 0.308. The van der Waals surface area contributed by atoms with Gasteiger partial charge in [-0.15, -0.1) is 0 Å². The molecule has 2 amide bonds. The lowest BCUT2D eigenvalue weighted by molar-refractivity contribution is -0.121. The van der Waals surface area contributed by atoms with E-state index in [1.807, 2.05) is 31.2 Å². The number of halogens is 1. The van der Waals surface area contributed by atoms with Crippen LogP contribution >= 0.6 is 11.3 Å². The molecule has 4 heterocycles. The second-order valence-electron chi connectivity index (χ2n) is 10.5. The summed E-state index contributed by atoms with van der Waals surface area (Å²) in [6.07, 6.45) is 0. The summed E-state index contributed by atoms with van der Waals surface area (Å²) in [7, 11) is 0. The van der Waals surface area contributed by atoms with E-state index in [1.54, 1.807) is 31.2 Å². The van der Waals surface area contributed by atoms with E-state index in [1.165, 1.54) is 22.8 Å². The van der Waals surface area contributed by atoms with Crippen LogP contribution in [0.2, 0.25) is 0 Å². The summed E-state index contributed by atoms with van der Waals surface area (Å²) in [5, 5.41) is -0.0196. The molecular weight excluding hydrogens is 557 g/mol. The van der Waals surface area contributed by atoms with Crippen LogP contribution in [0.5, 0.6) is 0 Å². The van der Waals surface area contributed by atoms with Crippen molar-refractivity contribution in [2.45, 2.75) is 32.9 Å². The predicted octanol–water partition coefficient (Wildman–Crippen LogP) is 5.66. The van der Waals surface area contributed by atoms with Crippen molar-refractivity contribution < 1.29 is 23.2 Å². The largest absolute Gasteiger partial charge is 0.450 e. The van der Waals surface area contributed by atoms with Crippen LogP contribution in [0.1, 0.15) is 55.1 Å². The number of aromatic nitrogens is 1. The Balaban J connectivity index is 1.56. The SMILES string of the molecule is CC(=O)c1sc(N2C(=O)c3oc4ccc(F)cc4c(=O)c3C23C(=O)N(Cc2ccc(C)cc2)c2ccccc23)nc1C. The lowest BCUT2D eigenvalue weighted by Crippen LogP contribution is -2.53. The number of rotatable bonds is 4. The smallest absolute Gasteiger partial charge is 0.297 e. The molecular formula is C32H22FN3O5S. The number of hydrogen-bond acceptors (Lipinski definition) is 7. The molecule has 0 fully saturated rings. The number of amides is 2. The summed E-state index contributed by atoms with van der Waals surface area (Å²) < 4.78 is 20.3. The molecule has 10 heteroatoms. The standard InChI is InChI=1S/C32H22FN3O5S/c1-16-8-10-19(11-9-16)15-35-23-7-5-4-6-22(23)32(30(35)40)25-26(38)21-14-20(33)12-13-24(21)41-27(25)29(39)36(32)31-34-17(2)28(42-31)18(3)37/h4-14H,15H2,1-3H3. The van der Waals surface area contributed by atoms with E-state index < -0.39 is 28.6 Å². The van der Waals surface area contributed by atoms with Gasteiger partial charge in [-0.05, 0) is 43.7 Å². The quantitative estimate of drug-likeness (QED) is 0.255. The number of benzene rings is 3. The van der Waals surface area contributed by atoms with Crippen molar-refractivity contribution in [3.8, 4) is 0 Å². The third-order valence-electron chi connectivity index (χ3n) is 7.84. The summed E-state index contributed by atoms with van der Waals surface area (Å²) in [6.45, 7) is 5.17. The predicted molar refractivity (Wildman–Crippen MR) is 156 cm³/mol. The first-order valence-corrected chi connectivity index (χ1v) is 14.0. The van der Waals surface area contributed by atoms with E-state index in [9.17, 15) is 23.6 Å². The molecule has 0 bridgehead atoms. The number of Topliss-reactive ketones (excluding diaryl/α,β-unsaturated/α-hetero) is 1. The van der Waals surface area contributed by atoms with Gasteiger partial charge in [0.2, 0.25) is 5.76 Å². The summed E-state index contributed by atoms with van der Waals surface area (Å²) in [6, 6.07) is 18.1. The Morgan fingerprint density at radius 2 is 1.76 bits per heavy atom. The molecule has 2 aliphatic heterocycles. The van der Waals surface area contributed by atoms with Crippen molar-refractivity contribution in [3.05, 3.63) is 121 Å². The highest BCUT2D eigenvalue weighted by atomic mass is 32.1. The maximum atomic E-state index is 14.9. The van der Waals surface area contributed by atoms with Crippen LogP contribution in [0.4, 0.5) is 15.2 Å². The zero-order valence-electron chi connectivity index (χ0n) is 22.7. The third-order valence-corrected chi connectivity index (χ3v) is 9.09. The fourth-order valence-corrected chi connectivity index (χ4v) is 6.99. The summed E-state index contributed by atoms with van der Waals surface area (Å²) in [4.78, 5) is 63.4. The average Bonchev–Trinajstić information content (AvgIpc) is 3.55. The van der Waals surface area contributed by atoms with E-state index in [0.29, 0.717) is 21.8 Å². The molecule has 7 rings (SSSR count). The Bertz CT molecular complexity index is 2070. The lowest BCUT2D eigenvalue weighted by atomic mass is 9.84. The van der Waals surface area contributed by atoms with Crippen LogP contribution < -0.4 is 15.2 Å². The van der Waals surface area contributed by atoms with Gasteiger partial charge >= 0.3 is 0 Å². The Morgan fingerprint density at radius 1 is 1.02 bits per heavy atom. The second-order valence-corrected chi connectivity index (χ2v) is 11.5. The maximum Gasteiger partial charge on any atom is 0.297 e. The van der Waals surface area contributed by atoms with Crippen LogP contribution in [0, 0.1) is 19.7 Å². The Hall–Kier alpha value is -4.96. The van der Waals surface area contributed by atoms with Crippen molar-refractivity contribution >= 4 is 50.7 Å². The highest BCUT2D eigenvalue weighted by Crippen LogP contribution is 2.55. The fraction of sp³-hybridized carbons (Fsp3) is 0.156. The first kappa shape index (κ1) is 26.0. The van der Waals surface area contributed by atoms with Crippen LogP contribution in [0.25, 0.3) is 11.0 Å². The number of thiazole rings is 1. The first-order chi connectivity index (χ1) is 20.1. The number of para-hydroxylation sites is 1. The van der Waals surface area contributed by atoms with Crippen LogP contribution in [0.15, 0.2) is 75.9 Å². The first-order valence-electron chi connectivity index (χ1n) is 13.2. The number of fused-ring (bicyclic) bond motifs is 5. The second kappa shape index (κ2) is 9.02. The van der Waals surface area contributed by atoms with E-state index >= 15 is 0 Å². The van der Waals surface area contributed by atoms with E-state index in [0.717, 1.165) is 34.6 Å². The zero-order valence-corrected chi connectivity index (χ0v) is 23.5. The highest BCUT2D eigenvalue weighted by Gasteiger charge is 2.66. The van der Waals surface area contributed by atoms with Gasteiger partial charge in [-0.25, -0.2) is 9.37 Å².